The van der Waals surface area contributed by atoms with E-state index in [-0.39, 0.29) is 17.7 Å². The lowest BCUT2D eigenvalue weighted by molar-refractivity contribution is -0.123. The fourth-order valence-electron chi connectivity index (χ4n) is 4.44. The van der Waals surface area contributed by atoms with Crippen LogP contribution in [0.5, 0.6) is 5.75 Å². The Bertz CT molecular complexity index is 988. The number of nitrogens with one attached hydrogen (secondary N) is 2. The van der Waals surface area contributed by atoms with Crippen LogP contribution in [0.1, 0.15) is 54.6 Å². The first-order valence-corrected chi connectivity index (χ1v) is 13.0. The van der Waals surface area contributed by atoms with Crippen LogP contribution in [0.4, 0.5) is 0 Å². The van der Waals surface area contributed by atoms with Crippen LogP contribution in [-0.4, -0.2) is 62.2 Å². The van der Waals surface area contributed by atoms with Gasteiger partial charge in [0.1, 0.15) is 18.4 Å². The fraction of sp³-hybridized carbons (Fsp3) is 0.517. The Morgan fingerprint density at radius 2 is 1.86 bits per heavy atom. The summed E-state index contributed by atoms with van der Waals surface area (Å²) in [5.41, 5.74) is 2.42. The van der Waals surface area contributed by atoms with E-state index in [1.807, 2.05) is 63.2 Å². The molecular formula is C29H41N3O4. The van der Waals surface area contributed by atoms with E-state index in [1.165, 1.54) is 0 Å². The molecule has 2 aromatic carbocycles. The molecule has 196 valence electrons. The molecule has 7 nitrogen and oxygen atoms in total. The van der Waals surface area contributed by atoms with Crippen molar-refractivity contribution in [2.45, 2.75) is 58.7 Å². The van der Waals surface area contributed by atoms with E-state index in [2.05, 4.69) is 22.6 Å². The van der Waals surface area contributed by atoms with Crippen molar-refractivity contribution in [1.82, 2.24) is 15.5 Å². The third-order valence-electron chi connectivity index (χ3n) is 6.61. The van der Waals surface area contributed by atoms with Crippen LogP contribution in [0.15, 0.2) is 48.5 Å². The second-order valence-corrected chi connectivity index (χ2v) is 10.0. The van der Waals surface area contributed by atoms with Gasteiger partial charge in [-0.1, -0.05) is 44.2 Å². The molecule has 0 spiro atoms. The second-order valence-electron chi connectivity index (χ2n) is 10.0. The number of carbonyl (C=O) groups excluding carboxylic acids is 2. The van der Waals surface area contributed by atoms with Gasteiger partial charge in [-0.25, -0.2) is 0 Å². The van der Waals surface area contributed by atoms with E-state index >= 15 is 0 Å². The van der Waals surface area contributed by atoms with Gasteiger partial charge in [0.2, 0.25) is 5.91 Å². The van der Waals surface area contributed by atoms with E-state index in [0.29, 0.717) is 31.2 Å². The maximum atomic E-state index is 13.0. The zero-order valence-electron chi connectivity index (χ0n) is 22.1. The minimum absolute atomic E-state index is 0.185. The Morgan fingerprint density at radius 3 is 2.58 bits per heavy atom. The average Bonchev–Trinajstić information content (AvgIpc) is 2.87. The van der Waals surface area contributed by atoms with E-state index in [1.54, 1.807) is 6.07 Å². The molecule has 1 fully saturated rings. The number of nitrogens with zero attached hydrogens (tertiary/aromatic N) is 1. The molecule has 0 saturated carbocycles. The third-order valence-corrected chi connectivity index (χ3v) is 6.61. The molecule has 2 N–H and O–H groups in total. The van der Waals surface area contributed by atoms with Gasteiger partial charge in [0.25, 0.3) is 5.91 Å². The molecule has 36 heavy (non-hydrogen) atoms. The van der Waals surface area contributed by atoms with Crippen molar-refractivity contribution >= 4 is 11.8 Å². The van der Waals surface area contributed by atoms with Crippen molar-refractivity contribution in [2.24, 2.45) is 5.92 Å². The summed E-state index contributed by atoms with van der Waals surface area (Å²) < 4.78 is 11.4. The van der Waals surface area contributed by atoms with E-state index in [0.717, 1.165) is 49.5 Å². The number of hydrogen-bond acceptors (Lipinski definition) is 5. The van der Waals surface area contributed by atoms with E-state index in [9.17, 15) is 9.59 Å². The highest BCUT2D eigenvalue weighted by Crippen LogP contribution is 2.16. The lowest BCUT2D eigenvalue weighted by atomic mass is 10.0. The Balaban J connectivity index is 1.51. The van der Waals surface area contributed by atoms with Gasteiger partial charge in [-0.3, -0.25) is 14.5 Å². The van der Waals surface area contributed by atoms with Gasteiger partial charge in [-0.15, -0.1) is 0 Å². The summed E-state index contributed by atoms with van der Waals surface area (Å²) in [7, 11) is 2.14. The summed E-state index contributed by atoms with van der Waals surface area (Å²) in [5, 5.41) is 5.92. The normalized spacial score (nSPS) is 15.1. The van der Waals surface area contributed by atoms with Gasteiger partial charge < -0.3 is 20.1 Å². The van der Waals surface area contributed by atoms with Gasteiger partial charge in [0.05, 0.1) is 0 Å². The Kier molecular flexibility index (Phi) is 10.8. The van der Waals surface area contributed by atoms with Crippen LogP contribution in [0, 0.1) is 12.8 Å². The second kappa shape index (κ2) is 14.0. The van der Waals surface area contributed by atoms with Crippen molar-refractivity contribution in [3.05, 3.63) is 65.2 Å². The highest BCUT2D eigenvalue weighted by molar-refractivity contribution is 5.98. The number of aryl methyl sites for hydroxylation is 1. The fourth-order valence-corrected chi connectivity index (χ4v) is 4.44. The number of amides is 2. The minimum Gasteiger partial charge on any atom is -0.492 e. The molecule has 7 heteroatoms. The smallest absolute Gasteiger partial charge is 0.252 e. The summed E-state index contributed by atoms with van der Waals surface area (Å²) in [5.74, 6) is 0.632. The molecule has 1 heterocycles. The highest BCUT2D eigenvalue weighted by Gasteiger charge is 2.23. The van der Waals surface area contributed by atoms with Crippen LogP contribution in [-0.2, 0) is 16.1 Å². The number of hydrogen-bond donors (Lipinski definition) is 2. The van der Waals surface area contributed by atoms with Crippen molar-refractivity contribution in [2.75, 3.05) is 33.4 Å². The Morgan fingerprint density at radius 1 is 1.11 bits per heavy atom. The molecule has 2 amide bonds. The maximum Gasteiger partial charge on any atom is 0.252 e. The van der Waals surface area contributed by atoms with Crippen LogP contribution in [0.25, 0.3) is 0 Å². The number of ether oxygens (including phenoxy) is 2. The van der Waals surface area contributed by atoms with E-state index in [4.69, 9.17) is 9.47 Å². The predicted molar refractivity (Wildman–Crippen MR) is 142 cm³/mol. The molecule has 1 atom stereocenters. The lowest BCUT2D eigenvalue weighted by Gasteiger charge is -2.31. The van der Waals surface area contributed by atoms with Crippen LogP contribution in [0.3, 0.4) is 0 Å². The first kappa shape index (κ1) is 27.7. The van der Waals surface area contributed by atoms with Crippen molar-refractivity contribution in [1.29, 1.82) is 0 Å². The first-order chi connectivity index (χ1) is 17.3. The van der Waals surface area contributed by atoms with Crippen molar-refractivity contribution in [3.63, 3.8) is 0 Å². The third kappa shape index (κ3) is 8.64. The quantitative estimate of drug-likeness (QED) is 0.466. The molecule has 1 aliphatic heterocycles. The Hall–Kier alpha value is -2.90. The van der Waals surface area contributed by atoms with Gasteiger partial charge in [-0.05, 0) is 68.5 Å². The molecule has 0 aromatic heterocycles. The minimum atomic E-state index is -0.600. The summed E-state index contributed by atoms with van der Waals surface area (Å²) in [6, 6.07) is 15.1. The number of rotatable bonds is 12. The van der Waals surface area contributed by atoms with Gasteiger partial charge in [-0.2, -0.15) is 0 Å². The predicted octanol–water partition coefficient (Wildman–Crippen LogP) is 3.95. The summed E-state index contributed by atoms with van der Waals surface area (Å²) >= 11 is 0. The SMILES string of the molecule is Cc1ccccc1C(=O)NC(CC(C)C)C(=O)NCc1cccc(OCCN(C)C2CCOCC2)c1. The highest BCUT2D eigenvalue weighted by atomic mass is 16.5. The molecule has 3 rings (SSSR count). The first-order valence-electron chi connectivity index (χ1n) is 13.0. The molecule has 0 radical (unpaired) electrons. The average molecular weight is 496 g/mol. The molecule has 0 bridgehead atoms. The zero-order valence-corrected chi connectivity index (χ0v) is 22.1. The van der Waals surface area contributed by atoms with Crippen LogP contribution >= 0.6 is 0 Å². The van der Waals surface area contributed by atoms with Gasteiger partial charge >= 0.3 is 0 Å². The van der Waals surface area contributed by atoms with Crippen molar-refractivity contribution in [3.8, 4) is 5.75 Å². The molecule has 2 aromatic rings. The zero-order chi connectivity index (χ0) is 25.9. The van der Waals surface area contributed by atoms with Gasteiger partial charge in [0.15, 0.2) is 0 Å². The molecule has 1 unspecified atom stereocenters. The maximum absolute atomic E-state index is 13.0. The monoisotopic (exact) mass is 495 g/mol. The molecule has 1 saturated heterocycles. The molecule has 1 aliphatic rings. The summed E-state index contributed by atoms with van der Waals surface area (Å²) in [4.78, 5) is 28.2. The number of likely N-dealkylation sites (N-methyl/N-ethyl adjacent to an activating group) is 1. The van der Waals surface area contributed by atoms with Crippen LogP contribution < -0.4 is 15.4 Å². The van der Waals surface area contributed by atoms with E-state index < -0.39 is 6.04 Å². The van der Waals surface area contributed by atoms with Crippen molar-refractivity contribution < 1.29 is 19.1 Å². The molecular weight excluding hydrogens is 454 g/mol. The number of benzene rings is 2. The topological polar surface area (TPSA) is 79.9 Å². The van der Waals surface area contributed by atoms with Crippen LogP contribution in [0.2, 0.25) is 0 Å². The van der Waals surface area contributed by atoms with Gasteiger partial charge in [0, 0.05) is 37.9 Å². The lowest BCUT2D eigenvalue weighted by Crippen LogP contribution is -2.47. The summed E-state index contributed by atoms with van der Waals surface area (Å²) in [6.07, 6.45) is 2.69. The Labute approximate surface area is 215 Å². The number of carbonyl (C=O) groups is 2. The summed E-state index contributed by atoms with van der Waals surface area (Å²) in [6.45, 7) is 9.46. The largest absolute Gasteiger partial charge is 0.492 e. The molecule has 0 aliphatic carbocycles. The standard InChI is InChI=1S/C29H41N3O4/c1-21(2)18-27(31-28(33)26-11-6-5-8-22(26)3)29(34)30-20-23-9-7-10-25(19-23)36-17-14-32(4)24-12-15-35-16-13-24/h5-11,19,21,24,27H,12-18,20H2,1-4H3,(H,30,34)(H,31,33).